The van der Waals surface area contributed by atoms with Gasteiger partial charge >= 0.3 is 0 Å². The lowest BCUT2D eigenvalue weighted by Crippen LogP contribution is -2.07. The molecular formula is C12H14Cl2N4. The van der Waals surface area contributed by atoms with Crippen molar-refractivity contribution >= 4 is 23.2 Å². The number of aromatic nitrogens is 4. The fourth-order valence-electron chi connectivity index (χ4n) is 1.68. The molecule has 4 nitrogen and oxygen atoms in total. The lowest BCUT2D eigenvalue weighted by molar-refractivity contribution is 0.636. The van der Waals surface area contributed by atoms with E-state index in [-0.39, 0.29) is 0 Å². The third-order valence-corrected chi connectivity index (χ3v) is 3.20. The Balaban J connectivity index is 2.30. The first-order valence-electron chi connectivity index (χ1n) is 5.86. The quantitative estimate of drug-likeness (QED) is 0.810. The summed E-state index contributed by atoms with van der Waals surface area (Å²) in [5.41, 5.74) is 0.892. The monoisotopic (exact) mass is 284 g/mol. The molecule has 0 N–H and O–H groups in total. The Bertz CT molecular complexity index is 551. The van der Waals surface area contributed by atoms with Gasteiger partial charge in [0.1, 0.15) is 11.0 Å². The zero-order valence-electron chi connectivity index (χ0n) is 10.3. The second-order valence-electron chi connectivity index (χ2n) is 3.91. The molecule has 0 fully saturated rings. The van der Waals surface area contributed by atoms with E-state index in [1.165, 1.54) is 0 Å². The first kappa shape index (κ1) is 13.3. The number of hydrogen-bond acceptors (Lipinski definition) is 3. The van der Waals surface area contributed by atoms with E-state index in [0.29, 0.717) is 16.7 Å². The van der Waals surface area contributed by atoms with Gasteiger partial charge in [0.2, 0.25) is 0 Å². The van der Waals surface area contributed by atoms with Crippen molar-refractivity contribution in [3.8, 4) is 0 Å². The van der Waals surface area contributed by atoms with Gasteiger partial charge in [-0.05, 0) is 6.07 Å². The van der Waals surface area contributed by atoms with Crippen LogP contribution in [0.4, 0.5) is 0 Å². The summed E-state index contributed by atoms with van der Waals surface area (Å²) < 4.78 is 1.87. The topological polar surface area (TPSA) is 43.6 Å². The minimum atomic E-state index is 0.396. The minimum absolute atomic E-state index is 0.396. The summed E-state index contributed by atoms with van der Waals surface area (Å²) in [6.07, 6.45) is 3.34. The summed E-state index contributed by atoms with van der Waals surface area (Å²) in [6, 6.07) is 1.64. The average molecular weight is 285 g/mol. The van der Waals surface area contributed by atoms with Gasteiger partial charge in [-0.15, -0.1) is 0 Å². The Labute approximate surface area is 116 Å². The van der Waals surface area contributed by atoms with Crippen LogP contribution in [-0.4, -0.2) is 19.7 Å². The van der Waals surface area contributed by atoms with E-state index in [4.69, 9.17) is 23.2 Å². The fraction of sp³-hybridized carbons (Fsp3) is 0.417. The molecule has 0 aliphatic carbocycles. The van der Waals surface area contributed by atoms with Crippen LogP contribution in [0.25, 0.3) is 0 Å². The highest BCUT2D eigenvalue weighted by atomic mass is 35.5. The molecule has 2 heterocycles. The van der Waals surface area contributed by atoms with Crippen LogP contribution in [-0.2, 0) is 19.4 Å². The van der Waals surface area contributed by atoms with Crippen LogP contribution in [0.1, 0.15) is 31.1 Å². The molecule has 18 heavy (non-hydrogen) atoms. The molecule has 0 spiro atoms. The third-order valence-electron chi connectivity index (χ3n) is 2.64. The molecule has 0 saturated heterocycles. The van der Waals surface area contributed by atoms with E-state index < -0.39 is 0 Å². The molecule has 2 rings (SSSR count). The summed E-state index contributed by atoms with van der Waals surface area (Å²) >= 11 is 11.9. The van der Waals surface area contributed by atoms with Crippen molar-refractivity contribution in [3.05, 3.63) is 39.7 Å². The maximum absolute atomic E-state index is 6.13. The van der Waals surface area contributed by atoms with Crippen LogP contribution < -0.4 is 0 Å². The van der Waals surface area contributed by atoms with Gasteiger partial charge in [0.25, 0.3) is 0 Å². The molecule has 0 aliphatic heterocycles. The molecule has 2 aromatic heterocycles. The lowest BCUT2D eigenvalue weighted by atomic mass is 10.3. The Hall–Kier alpha value is -1.13. The van der Waals surface area contributed by atoms with Crippen molar-refractivity contribution in [2.24, 2.45) is 0 Å². The largest absolute Gasteiger partial charge is 0.245 e. The molecule has 6 heteroatoms. The number of halogens is 2. The van der Waals surface area contributed by atoms with Crippen LogP contribution in [0, 0.1) is 0 Å². The smallest absolute Gasteiger partial charge is 0.150 e. The molecule has 2 aromatic rings. The van der Waals surface area contributed by atoms with Crippen molar-refractivity contribution in [2.45, 2.75) is 33.2 Å². The van der Waals surface area contributed by atoms with Crippen LogP contribution in [0.3, 0.4) is 0 Å². The van der Waals surface area contributed by atoms with Gasteiger partial charge in [-0.1, -0.05) is 37.0 Å². The molecule has 0 aliphatic rings. The maximum atomic E-state index is 6.13. The van der Waals surface area contributed by atoms with E-state index in [1.807, 2.05) is 11.6 Å². The van der Waals surface area contributed by atoms with Crippen molar-refractivity contribution in [1.82, 2.24) is 19.7 Å². The van der Waals surface area contributed by atoms with Gasteiger partial charge in [-0.2, -0.15) is 5.10 Å². The van der Waals surface area contributed by atoms with Crippen LogP contribution in [0.15, 0.2) is 12.3 Å². The van der Waals surface area contributed by atoms with Gasteiger partial charge in [0.15, 0.2) is 5.82 Å². The van der Waals surface area contributed by atoms with Gasteiger partial charge in [0, 0.05) is 24.6 Å². The first-order valence-corrected chi connectivity index (χ1v) is 6.62. The van der Waals surface area contributed by atoms with Gasteiger partial charge < -0.3 is 0 Å². The average Bonchev–Trinajstić information content (AvgIpc) is 2.75. The lowest BCUT2D eigenvalue weighted by Gasteiger charge is -2.06. The molecule has 0 atom stereocenters. The number of aryl methyl sites for hydroxylation is 2. The molecule has 0 radical (unpaired) electrons. The predicted molar refractivity (Wildman–Crippen MR) is 72.1 cm³/mol. The second kappa shape index (κ2) is 5.67. The summed E-state index contributed by atoms with van der Waals surface area (Å²) in [5, 5.41) is 5.44. The van der Waals surface area contributed by atoms with E-state index >= 15 is 0 Å². The fourth-order valence-corrected chi connectivity index (χ4v) is 2.10. The van der Waals surface area contributed by atoms with Gasteiger partial charge in [0.05, 0.1) is 11.6 Å². The highest BCUT2D eigenvalue weighted by Gasteiger charge is 2.10. The Morgan fingerprint density at radius 1 is 1.22 bits per heavy atom. The van der Waals surface area contributed by atoms with Crippen molar-refractivity contribution in [3.63, 3.8) is 0 Å². The maximum Gasteiger partial charge on any atom is 0.150 e. The van der Waals surface area contributed by atoms with E-state index in [1.54, 1.807) is 12.3 Å². The van der Waals surface area contributed by atoms with Crippen molar-refractivity contribution in [2.75, 3.05) is 0 Å². The molecule has 0 aromatic carbocycles. The number of hydrogen-bond donors (Lipinski definition) is 0. The zero-order valence-corrected chi connectivity index (χ0v) is 11.8. The number of nitrogens with zero attached hydrogens (tertiary/aromatic N) is 4. The van der Waals surface area contributed by atoms with Gasteiger partial charge in [-0.25, -0.2) is 14.6 Å². The van der Waals surface area contributed by atoms with Crippen molar-refractivity contribution in [1.29, 1.82) is 0 Å². The van der Waals surface area contributed by atoms with Crippen molar-refractivity contribution < 1.29 is 0 Å². The van der Waals surface area contributed by atoms with E-state index in [0.717, 1.165) is 30.1 Å². The standard InChI is InChI=1S/C12H14Cl2N4/c1-3-11-16-12(4-2)18(17-11)7-8-6-15-10(14)5-9(8)13/h5-6H,3-4,7H2,1-2H3. The summed E-state index contributed by atoms with van der Waals surface area (Å²) in [5.74, 6) is 1.81. The molecule has 0 bridgehead atoms. The SMILES string of the molecule is CCc1nc(CC)n(Cc2cnc(Cl)cc2Cl)n1. The minimum Gasteiger partial charge on any atom is -0.245 e. The molecule has 0 saturated carbocycles. The third kappa shape index (κ3) is 2.82. The Morgan fingerprint density at radius 2 is 2.00 bits per heavy atom. The first-order chi connectivity index (χ1) is 8.63. The van der Waals surface area contributed by atoms with E-state index in [9.17, 15) is 0 Å². The summed E-state index contributed by atoms with van der Waals surface area (Å²) in [6.45, 7) is 4.66. The summed E-state index contributed by atoms with van der Waals surface area (Å²) in [7, 11) is 0. The van der Waals surface area contributed by atoms with Crippen LogP contribution in [0.2, 0.25) is 10.2 Å². The highest BCUT2D eigenvalue weighted by molar-refractivity contribution is 6.34. The van der Waals surface area contributed by atoms with Crippen LogP contribution >= 0.6 is 23.2 Å². The highest BCUT2D eigenvalue weighted by Crippen LogP contribution is 2.19. The molecule has 96 valence electrons. The zero-order chi connectivity index (χ0) is 13.1. The second-order valence-corrected chi connectivity index (χ2v) is 4.70. The Morgan fingerprint density at radius 3 is 2.61 bits per heavy atom. The molecular weight excluding hydrogens is 271 g/mol. The Kier molecular flexibility index (Phi) is 4.19. The van der Waals surface area contributed by atoms with E-state index in [2.05, 4.69) is 22.0 Å². The summed E-state index contributed by atoms with van der Waals surface area (Å²) in [4.78, 5) is 8.49. The van der Waals surface area contributed by atoms with Gasteiger partial charge in [-0.3, -0.25) is 0 Å². The molecule has 0 unspecified atom stereocenters. The van der Waals surface area contributed by atoms with Crippen LogP contribution in [0.5, 0.6) is 0 Å². The predicted octanol–water partition coefficient (Wildman–Crippen LogP) is 3.15. The number of rotatable bonds is 4. The molecule has 0 amide bonds. The normalized spacial score (nSPS) is 10.9. The number of pyridine rings is 1.